The lowest BCUT2D eigenvalue weighted by Gasteiger charge is -2.14. The first-order valence-electron chi connectivity index (χ1n) is 9.81. The smallest absolute Gasteiger partial charge is 0.338 e. The van der Waals surface area contributed by atoms with Crippen molar-refractivity contribution in [3.8, 4) is 5.75 Å². The predicted octanol–water partition coefficient (Wildman–Crippen LogP) is 5.14. The van der Waals surface area contributed by atoms with Gasteiger partial charge in [0, 0.05) is 5.69 Å². The normalized spacial score (nSPS) is 11.5. The Balaban J connectivity index is 1.80. The van der Waals surface area contributed by atoms with Crippen molar-refractivity contribution in [1.29, 1.82) is 0 Å². The van der Waals surface area contributed by atoms with Crippen LogP contribution in [0.3, 0.4) is 0 Å². The number of carbonyl (C=O) groups is 2. The Bertz CT molecular complexity index is 753. The van der Waals surface area contributed by atoms with E-state index in [1.54, 1.807) is 31.2 Å². The molecule has 0 aromatic heterocycles. The number of rotatable bonds is 10. The van der Waals surface area contributed by atoms with Gasteiger partial charge in [0.2, 0.25) is 0 Å². The zero-order chi connectivity index (χ0) is 20.4. The minimum atomic E-state index is -0.900. The maximum Gasteiger partial charge on any atom is 0.338 e. The van der Waals surface area contributed by atoms with Crippen molar-refractivity contribution in [2.45, 2.75) is 52.6 Å². The Labute approximate surface area is 167 Å². The molecule has 0 saturated carbocycles. The zero-order valence-electron chi connectivity index (χ0n) is 16.9. The molecule has 0 fully saturated rings. The topological polar surface area (TPSA) is 64.6 Å². The number of esters is 1. The Morgan fingerprint density at radius 3 is 2.29 bits per heavy atom. The van der Waals surface area contributed by atoms with Crippen molar-refractivity contribution in [2.24, 2.45) is 0 Å². The quantitative estimate of drug-likeness (QED) is 0.456. The molecule has 1 amide bonds. The molecule has 1 unspecified atom stereocenters. The molecule has 0 aliphatic rings. The van der Waals surface area contributed by atoms with Gasteiger partial charge in [0.15, 0.2) is 6.10 Å². The van der Waals surface area contributed by atoms with E-state index >= 15 is 0 Å². The van der Waals surface area contributed by atoms with Gasteiger partial charge in [0.1, 0.15) is 5.75 Å². The SMILES string of the molecule is CCCCCCOc1ccc(C(=O)OC(C)C(=O)Nc2ccc(C)cc2)cc1. The summed E-state index contributed by atoms with van der Waals surface area (Å²) in [5, 5.41) is 2.74. The number of ether oxygens (including phenoxy) is 2. The van der Waals surface area contributed by atoms with Crippen LogP contribution in [-0.2, 0) is 9.53 Å². The molecule has 28 heavy (non-hydrogen) atoms. The Morgan fingerprint density at radius 1 is 0.964 bits per heavy atom. The highest BCUT2D eigenvalue weighted by molar-refractivity contribution is 5.97. The van der Waals surface area contributed by atoms with E-state index < -0.39 is 12.1 Å². The highest BCUT2D eigenvalue weighted by atomic mass is 16.5. The Kier molecular flexibility index (Phi) is 8.53. The van der Waals surface area contributed by atoms with Crippen LogP contribution in [0, 0.1) is 6.92 Å². The molecular weight excluding hydrogens is 354 g/mol. The number of unbranched alkanes of at least 4 members (excludes halogenated alkanes) is 3. The van der Waals surface area contributed by atoms with Crippen molar-refractivity contribution in [2.75, 3.05) is 11.9 Å². The minimum Gasteiger partial charge on any atom is -0.494 e. The van der Waals surface area contributed by atoms with E-state index in [1.165, 1.54) is 12.8 Å². The van der Waals surface area contributed by atoms with Crippen LogP contribution >= 0.6 is 0 Å². The largest absolute Gasteiger partial charge is 0.494 e. The molecular formula is C23H29NO4. The third kappa shape index (κ3) is 7.06. The monoisotopic (exact) mass is 383 g/mol. The van der Waals surface area contributed by atoms with Crippen LogP contribution in [0.1, 0.15) is 55.5 Å². The summed E-state index contributed by atoms with van der Waals surface area (Å²) in [5.74, 6) is -0.191. The fraction of sp³-hybridized carbons (Fsp3) is 0.391. The molecule has 2 aromatic carbocycles. The van der Waals surface area contributed by atoms with Crippen LogP contribution in [0.25, 0.3) is 0 Å². The van der Waals surface area contributed by atoms with E-state index in [9.17, 15) is 9.59 Å². The summed E-state index contributed by atoms with van der Waals surface area (Å²) < 4.78 is 10.9. The highest BCUT2D eigenvalue weighted by Gasteiger charge is 2.19. The van der Waals surface area contributed by atoms with Crippen molar-refractivity contribution in [3.63, 3.8) is 0 Å². The van der Waals surface area contributed by atoms with Crippen LogP contribution in [0.15, 0.2) is 48.5 Å². The van der Waals surface area contributed by atoms with E-state index in [-0.39, 0.29) is 5.91 Å². The maximum absolute atomic E-state index is 12.3. The second-order valence-electron chi connectivity index (χ2n) is 6.84. The van der Waals surface area contributed by atoms with Crippen LogP contribution in [0.4, 0.5) is 5.69 Å². The summed E-state index contributed by atoms with van der Waals surface area (Å²) in [6.45, 7) is 6.36. The van der Waals surface area contributed by atoms with E-state index in [1.807, 2.05) is 31.2 Å². The van der Waals surface area contributed by atoms with Gasteiger partial charge in [-0.3, -0.25) is 4.79 Å². The molecule has 5 nitrogen and oxygen atoms in total. The first kappa shape index (κ1) is 21.5. The summed E-state index contributed by atoms with van der Waals surface area (Å²) in [5.41, 5.74) is 2.15. The molecule has 0 heterocycles. The van der Waals surface area contributed by atoms with Crippen LogP contribution in [0.5, 0.6) is 5.75 Å². The molecule has 1 N–H and O–H groups in total. The van der Waals surface area contributed by atoms with E-state index in [4.69, 9.17) is 9.47 Å². The van der Waals surface area contributed by atoms with Crippen molar-refractivity contribution in [1.82, 2.24) is 0 Å². The molecule has 150 valence electrons. The van der Waals surface area contributed by atoms with Crippen molar-refractivity contribution in [3.05, 3.63) is 59.7 Å². The molecule has 0 aliphatic heterocycles. The van der Waals surface area contributed by atoms with Gasteiger partial charge in [-0.25, -0.2) is 4.79 Å². The van der Waals surface area contributed by atoms with E-state index in [0.29, 0.717) is 17.9 Å². The second-order valence-corrected chi connectivity index (χ2v) is 6.84. The number of hydrogen-bond donors (Lipinski definition) is 1. The van der Waals surface area contributed by atoms with Gasteiger partial charge in [0.25, 0.3) is 5.91 Å². The molecule has 2 rings (SSSR count). The summed E-state index contributed by atoms with van der Waals surface area (Å²) in [7, 11) is 0. The molecule has 0 radical (unpaired) electrons. The van der Waals surface area contributed by atoms with Gasteiger partial charge in [-0.15, -0.1) is 0 Å². The Morgan fingerprint density at radius 2 is 1.64 bits per heavy atom. The van der Waals surface area contributed by atoms with Crippen molar-refractivity contribution < 1.29 is 19.1 Å². The van der Waals surface area contributed by atoms with Crippen LogP contribution in [0.2, 0.25) is 0 Å². The number of benzene rings is 2. The molecule has 0 saturated heterocycles. The first-order valence-corrected chi connectivity index (χ1v) is 9.81. The number of carbonyl (C=O) groups excluding carboxylic acids is 2. The lowest BCUT2D eigenvalue weighted by molar-refractivity contribution is -0.123. The van der Waals surface area contributed by atoms with E-state index in [2.05, 4.69) is 12.2 Å². The maximum atomic E-state index is 12.3. The molecule has 0 aliphatic carbocycles. The lowest BCUT2D eigenvalue weighted by atomic mass is 10.2. The first-order chi connectivity index (χ1) is 13.5. The molecule has 2 aromatic rings. The fourth-order valence-corrected chi connectivity index (χ4v) is 2.57. The van der Waals surface area contributed by atoms with Gasteiger partial charge < -0.3 is 14.8 Å². The van der Waals surface area contributed by atoms with Gasteiger partial charge in [0.05, 0.1) is 12.2 Å². The standard InChI is InChI=1S/C23H29NO4/c1-4-5-6-7-16-27-21-14-10-19(11-15-21)23(26)28-18(3)22(25)24-20-12-8-17(2)9-13-20/h8-15,18H,4-7,16H2,1-3H3,(H,24,25). The van der Waals surface area contributed by atoms with Crippen LogP contribution < -0.4 is 10.1 Å². The van der Waals surface area contributed by atoms with Gasteiger partial charge in [-0.05, 0) is 56.7 Å². The van der Waals surface area contributed by atoms with Crippen LogP contribution in [-0.4, -0.2) is 24.6 Å². The summed E-state index contributed by atoms with van der Waals surface area (Å²) >= 11 is 0. The molecule has 5 heteroatoms. The van der Waals surface area contributed by atoms with Gasteiger partial charge in [-0.2, -0.15) is 0 Å². The number of aryl methyl sites for hydroxylation is 1. The summed E-state index contributed by atoms with van der Waals surface area (Å²) in [6, 6.07) is 14.2. The lowest BCUT2D eigenvalue weighted by Crippen LogP contribution is -2.30. The minimum absolute atomic E-state index is 0.371. The molecule has 0 bridgehead atoms. The van der Waals surface area contributed by atoms with E-state index in [0.717, 1.165) is 24.2 Å². The second kappa shape index (κ2) is 11.1. The zero-order valence-corrected chi connectivity index (χ0v) is 16.9. The predicted molar refractivity (Wildman–Crippen MR) is 111 cm³/mol. The molecule has 0 spiro atoms. The van der Waals surface area contributed by atoms with Gasteiger partial charge in [-0.1, -0.05) is 43.9 Å². The fourth-order valence-electron chi connectivity index (χ4n) is 2.57. The number of amides is 1. The average Bonchev–Trinajstić information content (AvgIpc) is 2.70. The van der Waals surface area contributed by atoms with Crippen molar-refractivity contribution >= 4 is 17.6 Å². The molecule has 1 atom stereocenters. The Hall–Kier alpha value is -2.82. The number of nitrogens with one attached hydrogen (secondary N) is 1. The number of hydrogen-bond acceptors (Lipinski definition) is 4. The summed E-state index contributed by atoms with van der Waals surface area (Å²) in [6.07, 6.45) is 3.68. The third-order valence-corrected chi connectivity index (χ3v) is 4.33. The average molecular weight is 383 g/mol. The summed E-state index contributed by atoms with van der Waals surface area (Å²) in [4.78, 5) is 24.5. The van der Waals surface area contributed by atoms with Gasteiger partial charge >= 0.3 is 5.97 Å². The highest BCUT2D eigenvalue weighted by Crippen LogP contribution is 2.15. The number of anilines is 1. The third-order valence-electron chi connectivity index (χ3n) is 4.33.